The van der Waals surface area contributed by atoms with Gasteiger partial charge in [-0.1, -0.05) is 32.4 Å². The van der Waals surface area contributed by atoms with Gasteiger partial charge in [-0.05, 0) is 24.7 Å². The number of ether oxygens (including phenoxy) is 1. The molecule has 3 nitrogen and oxygen atoms in total. The molecule has 0 aromatic rings. The van der Waals surface area contributed by atoms with Crippen LogP contribution in [0, 0.1) is 5.41 Å². The van der Waals surface area contributed by atoms with Gasteiger partial charge in [0.25, 0.3) is 0 Å². The highest BCUT2D eigenvalue weighted by Gasteiger charge is 2.21. The van der Waals surface area contributed by atoms with Crippen molar-refractivity contribution in [3.05, 3.63) is 11.6 Å². The zero-order valence-corrected chi connectivity index (χ0v) is 12.5. The van der Waals surface area contributed by atoms with Crippen LogP contribution < -0.4 is 5.73 Å². The minimum absolute atomic E-state index is 0.282. The molecule has 1 heterocycles. The van der Waals surface area contributed by atoms with E-state index >= 15 is 0 Å². The molecule has 18 heavy (non-hydrogen) atoms. The second kappa shape index (κ2) is 7.27. The van der Waals surface area contributed by atoms with E-state index in [0.29, 0.717) is 5.41 Å². The normalized spacial score (nSPS) is 19.7. The maximum Gasteiger partial charge on any atom is 0.0462 e. The van der Waals surface area contributed by atoms with Crippen LogP contribution in [0.5, 0.6) is 0 Å². The first-order valence-corrected chi connectivity index (χ1v) is 7.10. The van der Waals surface area contributed by atoms with Gasteiger partial charge in [-0.2, -0.15) is 0 Å². The van der Waals surface area contributed by atoms with Crippen LogP contribution in [0.2, 0.25) is 0 Å². The molecular weight excluding hydrogens is 224 g/mol. The number of hydrogen-bond acceptors (Lipinski definition) is 3. The molecule has 0 aromatic heterocycles. The zero-order chi connectivity index (χ0) is 13.6. The van der Waals surface area contributed by atoms with E-state index in [0.717, 1.165) is 39.1 Å². The molecule has 0 bridgehead atoms. The number of nitrogens with zero attached hydrogens (tertiary/aromatic N) is 1. The largest absolute Gasteiger partial charge is 0.385 e. The van der Waals surface area contributed by atoms with Gasteiger partial charge in [0.2, 0.25) is 0 Å². The Hall–Kier alpha value is -0.380. The molecule has 3 heteroatoms. The minimum Gasteiger partial charge on any atom is -0.385 e. The van der Waals surface area contributed by atoms with E-state index in [2.05, 4.69) is 31.7 Å². The third-order valence-electron chi connectivity index (χ3n) is 3.67. The van der Waals surface area contributed by atoms with Crippen LogP contribution in [0.3, 0.4) is 0 Å². The van der Waals surface area contributed by atoms with E-state index in [4.69, 9.17) is 10.5 Å². The topological polar surface area (TPSA) is 38.5 Å². The van der Waals surface area contributed by atoms with Gasteiger partial charge in [0, 0.05) is 39.4 Å². The lowest BCUT2D eigenvalue weighted by atomic mass is 9.83. The van der Waals surface area contributed by atoms with Crippen molar-refractivity contribution in [2.24, 2.45) is 11.1 Å². The second-order valence-electron chi connectivity index (χ2n) is 6.38. The fraction of sp³-hybridized carbons (Fsp3) is 0.867. The first-order chi connectivity index (χ1) is 8.43. The summed E-state index contributed by atoms with van der Waals surface area (Å²) in [7, 11) is 1.75. The molecule has 1 aliphatic rings. The Bertz CT molecular complexity index is 268. The predicted octanol–water partition coefficient (Wildman–Crippen LogP) is 2.42. The summed E-state index contributed by atoms with van der Waals surface area (Å²) in [6, 6.07) is 0.282. The van der Waals surface area contributed by atoms with E-state index in [9.17, 15) is 0 Å². The molecule has 0 fully saturated rings. The molecular formula is C15H30N2O. The van der Waals surface area contributed by atoms with Crippen molar-refractivity contribution in [1.29, 1.82) is 0 Å². The van der Waals surface area contributed by atoms with Crippen LogP contribution in [0.1, 0.15) is 40.0 Å². The standard InChI is InChI=1S/C15H30N2O/c1-15(2,3)13-7-9-17(10-8-13)12-14(16)6-5-11-18-4/h7,14H,5-6,8-12,16H2,1-4H3. The fourth-order valence-electron chi connectivity index (χ4n) is 2.47. The third kappa shape index (κ3) is 5.51. The summed E-state index contributed by atoms with van der Waals surface area (Å²) in [6.45, 7) is 10.9. The Labute approximate surface area is 112 Å². The summed E-state index contributed by atoms with van der Waals surface area (Å²) in [4.78, 5) is 2.46. The number of hydrogen-bond donors (Lipinski definition) is 1. The lowest BCUT2D eigenvalue weighted by Crippen LogP contribution is -2.40. The molecule has 1 unspecified atom stereocenters. The summed E-state index contributed by atoms with van der Waals surface area (Å²) in [5, 5.41) is 0. The van der Waals surface area contributed by atoms with Crippen molar-refractivity contribution in [2.45, 2.75) is 46.1 Å². The van der Waals surface area contributed by atoms with E-state index in [1.165, 1.54) is 6.42 Å². The summed E-state index contributed by atoms with van der Waals surface area (Å²) in [5.41, 5.74) is 8.06. The van der Waals surface area contributed by atoms with Gasteiger partial charge in [-0.3, -0.25) is 4.90 Å². The van der Waals surface area contributed by atoms with Gasteiger partial charge in [0.15, 0.2) is 0 Å². The van der Waals surface area contributed by atoms with Crippen LogP contribution in [0.25, 0.3) is 0 Å². The molecule has 0 amide bonds. The zero-order valence-electron chi connectivity index (χ0n) is 12.5. The highest BCUT2D eigenvalue weighted by molar-refractivity contribution is 5.14. The number of nitrogens with two attached hydrogens (primary N) is 1. The molecule has 0 spiro atoms. The molecule has 1 aliphatic heterocycles. The molecule has 1 rings (SSSR count). The van der Waals surface area contributed by atoms with Crippen LogP contribution in [0.15, 0.2) is 11.6 Å². The molecule has 0 aromatic carbocycles. The molecule has 2 N–H and O–H groups in total. The Morgan fingerprint density at radius 2 is 2.17 bits per heavy atom. The van der Waals surface area contributed by atoms with E-state index in [-0.39, 0.29) is 6.04 Å². The quantitative estimate of drug-likeness (QED) is 0.584. The maximum absolute atomic E-state index is 6.15. The van der Waals surface area contributed by atoms with Crippen LogP contribution in [-0.4, -0.2) is 44.3 Å². The molecule has 0 saturated heterocycles. The summed E-state index contributed by atoms with van der Waals surface area (Å²) in [6.07, 6.45) is 5.70. The average molecular weight is 254 g/mol. The average Bonchev–Trinajstić information content (AvgIpc) is 2.29. The fourth-order valence-corrected chi connectivity index (χ4v) is 2.47. The number of rotatable bonds is 6. The molecule has 0 saturated carbocycles. The van der Waals surface area contributed by atoms with E-state index in [1.54, 1.807) is 12.7 Å². The van der Waals surface area contributed by atoms with Crippen LogP contribution in [-0.2, 0) is 4.74 Å². The van der Waals surface area contributed by atoms with Crippen molar-refractivity contribution >= 4 is 0 Å². The Morgan fingerprint density at radius 1 is 1.44 bits per heavy atom. The van der Waals surface area contributed by atoms with Crippen molar-refractivity contribution in [3.63, 3.8) is 0 Å². The summed E-state index contributed by atoms with van der Waals surface area (Å²) in [5.74, 6) is 0. The van der Waals surface area contributed by atoms with Crippen molar-refractivity contribution in [2.75, 3.05) is 33.4 Å². The van der Waals surface area contributed by atoms with E-state index < -0.39 is 0 Å². The summed E-state index contributed by atoms with van der Waals surface area (Å²) < 4.78 is 5.06. The van der Waals surface area contributed by atoms with Gasteiger partial charge >= 0.3 is 0 Å². The van der Waals surface area contributed by atoms with Gasteiger partial charge in [0.1, 0.15) is 0 Å². The Morgan fingerprint density at radius 3 is 2.67 bits per heavy atom. The monoisotopic (exact) mass is 254 g/mol. The van der Waals surface area contributed by atoms with Gasteiger partial charge in [0.05, 0.1) is 0 Å². The van der Waals surface area contributed by atoms with Crippen molar-refractivity contribution in [1.82, 2.24) is 4.90 Å². The maximum atomic E-state index is 6.15. The Kier molecular flexibility index (Phi) is 6.33. The van der Waals surface area contributed by atoms with Crippen LogP contribution >= 0.6 is 0 Å². The summed E-state index contributed by atoms with van der Waals surface area (Å²) >= 11 is 0. The first kappa shape index (κ1) is 15.7. The molecule has 1 atom stereocenters. The molecule has 0 radical (unpaired) electrons. The molecule has 0 aliphatic carbocycles. The predicted molar refractivity (Wildman–Crippen MR) is 77.7 cm³/mol. The van der Waals surface area contributed by atoms with Gasteiger partial charge in [-0.25, -0.2) is 0 Å². The third-order valence-corrected chi connectivity index (χ3v) is 3.67. The van der Waals surface area contributed by atoms with Crippen LogP contribution in [0.4, 0.5) is 0 Å². The lowest BCUT2D eigenvalue weighted by Gasteiger charge is -2.33. The first-order valence-electron chi connectivity index (χ1n) is 7.10. The van der Waals surface area contributed by atoms with Crippen molar-refractivity contribution in [3.8, 4) is 0 Å². The minimum atomic E-state index is 0.282. The smallest absolute Gasteiger partial charge is 0.0462 e. The molecule has 106 valence electrons. The highest BCUT2D eigenvalue weighted by Crippen LogP contribution is 2.29. The highest BCUT2D eigenvalue weighted by atomic mass is 16.5. The second-order valence-corrected chi connectivity index (χ2v) is 6.38. The van der Waals surface area contributed by atoms with E-state index in [1.807, 2.05) is 0 Å². The Balaban J connectivity index is 2.28. The SMILES string of the molecule is COCCCC(N)CN1CC=C(C(C)(C)C)CC1. The van der Waals surface area contributed by atoms with Gasteiger partial charge in [-0.15, -0.1) is 0 Å². The number of methoxy groups -OCH3 is 1. The lowest BCUT2D eigenvalue weighted by molar-refractivity contribution is 0.185. The van der Waals surface area contributed by atoms with Crippen molar-refractivity contribution < 1.29 is 4.74 Å². The van der Waals surface area contributed by atoms with Gasteiger partial charge < -0.3 is 10.5 Å².